The molecule has 0 unspecified atom stereocenters. The molecular formula is C11H8FN5O. The average molecular weight is 245 g/mol. The molecule has 2 aromatic rings. The Kier molecular flexibility index (Phi) is 3.29. The Morgan fingerprint density at radius 2 is 2.28 bits per heavy atom. The molecule has 6 nitrogen and oxygen atoms in total. The first-order chi connectivity index (χ1) is 8.69. The van der Waals surface area contributed by atoms with Crippen molar-refractivity contribution in [3.63, 3.8) is 0 Å². The lowest BCUT2D eigenvalue weighted by molar-refractivity contribution is 0.280. The molecule has 0 saturated carbocycles. The van der Waals surface area contributed by atoms with E-state index in [1.807, 2.05) is 6.07 Å². The first kappa shape index (κ1) is 11.7. The zero-order chi connectivity index (χ0) is 13.0. The van der Waals surface area contributed by atoms with Crippen LogP contribution in [0.5, 0.6) is 6.01 Å². The number of ether oxygens (including phenoxy) is 1. The van der Waals surface area contributed by atoms with Crippen molar-refractivity contribution in [1.29, 1.82) is 5.26 Å². The number of hydrogen-bond donors (Lipinski definition) is 1. The van der Waals surface area contributed by atoms with Crippen molar-refractivity contribution >= 4 is 5.82 Å². The minimum atomic E-state index is -0.696. The van der Waals surface area contributed by atoms with Gasteiger partial charge in [-0.05, 0) is 17.7 Å². The predicted molar refractivity (Wildman–Crippen MR) is 59.7 cm³/mol. The van der Waals surface area contributed by atoms with E-state index in [0.717, 1.165) is 11.8 Å². The standard InChI is InChI=1S/C11H8FN5O/c12-9-5-16-11(17-10(9)14)18-6-7-1-2-15-8(3-7)4-13/h1-3,5H,6H2,(H2,14,16,17). The van der Waals surface area contributed by atoms with Crippen LogP contribution in [0.15, 0.2) is 24.5 Å². The third-order valence-corrected chi connectivity index (χ3v) is 2.06. The average Bonchev–Trinajstić information content (AvgIpc) is 2.40. The van der Waals surface area contributed by atoms with Crippen LogP contribution in [0.1, 0.15) is 11.3 Å². The number of nitrogens with zero attached hydrogens (tertiary/aromatic N) is 4. The molecule has 90 valence electrons. The molecular weight excluding hydrogens is 237 g/mol. The summed E-state index contributed by atoms with van der Waals surface area (Å²) in [5.74, 6) is -0.967. The second-order valence-electron chi connectivity index (χ2n) is 3.34. The predicted octanol–water partition coefficient (Wildman–Crippen LogP) is 1.04. The fourth-order valence-corrected chi connectivity index (χ4v) is 1.21. The van der Waals surface area contributed by atoms with Crippen LogP contribution in [-0.2, 0) is 6.61 Å². The Bertz CT molecular complexity index is 611. The number of nitrogen functional groups attached to an aromatic ring is 1. The Labute approximate surface area is 102 Å². The molecule has 0 atom stereocenters. The molecule has 2 rings (SSSR count). The van der Waals surface area contributed by atoms with Crippen LogP contribution in [0.3, 0.4) is 0 Å². The van der Waals surface area contributed by atoms with E-state index in [4.69, 9.17) is 15.7 Å². The molecule has 0 aromatic carbocycles. The van der Waals surface area contributed by atoms with Gasteiger partial charge in [-0.25, -0.2) is 14.4 Å². The second-order valence-corrected chi connectivity index (χ2v) is 3.34. The highest BCUT2D eigenvalue weighted by Gasteiger charge is 2.04. The molecule has 0 bridgehead atoms. The summed E-state index contributed by atoms with van der Waals surface area (Å²) in [6.45, 7) is 0.141. The van der Waals surface area contributed by atoms with Gasteiger partial charge in [0.1, 0.15) is 18.4 Å². The van der Waals surface area contributed by atoms with Crippen molar-refractivity contribution in [2.75, 3.05) is 5.73 Å². The van der Waals surface area contributed by atoms with E-state index in [0.29, 0.717) is 0 Å². The Hall–Kier alpha value is -2.75. The van der Waals surface area contributed by atoms with Crippen molar-refractivity contribution in [1.82, 2.24) is 15.0 Å². The van der Waals surface area contributed by atoms with Gasteiger partial charge in [-0.1, -0.05) is 0 Å². The van der Waals surface area contributed by atoms with Gasteiger partial charge in [0, 0.05) is 6.20 Å². The molecule has 7 heteroatoms. The Morgan fingerprint density at radius 1 is 1.44 bits per heavy atom. The molecule has 0 aliphatic rings. The summed E-state index contributed by atoms with van der Waals surface area (Å²) in [4.78, 5) is 11.1. The maximum atomic E-state index is 12.8. The van der Waals surface area contributed by atoms with Crippen LogP contribution < -0.4 is 10.5 Å². The molecule has 0 fully saturated rings. The first-order valence-electron chi connectivity index (χ1n) is 4.95. The van der Waals surface area contributed by atoms with Gasteiger partial charge >= 0.3 is 6.01 Å². The third-order valence-electron chi connectivity index (χ3n) is 2.06. The number of anilines is 1. The van der Waals surface area contributed by atoms with E-state index in [-0.39, 0.29) is 24.1 Å². The molecule has 0 saturated heterocycles. The highest BCUT2D eigenvalue weighted by Crippen LogP contribution is 2.11. The molecule has 2 aromatic heterocycles. The lowest BCUT2D eigenvalue weighted by atomic mass is 10.2. The molecule has 2 N–H and O–H groups in total. The Morgan fingerprint density at radius 3 is 3.00 bits per heavy atom. The normalized spacial score (nSPS) is 9.78. The lowest BCUT2D eigenvalue weighted by Crippen LogP contribution is -2.03. The molecule has 0 amide bonds. The number of halogens is 1. The summed E-state index contributed by atoms with van der Waals surface area (Å²) in [7, 11) is 0. The second kappa shape index (κ2) is 5.05. The van der Waals surface area contributed by atoms with E-state index in [1.165, 1.54) is 6.20 Å². The number of hydrogen-bond acceptors (Lipinski definition) is 6. The molecule has 18 heavy (non-hydrogen) atoms. The maximum Gasteiger partial charge on any atom is 0.318 e. The van der Waals surface area contributed by atoms with Crippen LogP contribution in [0.25, 0.3) is 0 Å². The highest BCUT2D eigenvalue weighted by atomic mass is 19.1. The van der Waals surface area contributed by atoms with Gasteiger partial charge in [0.2, 0.25) is 0 Å². The van der Waals surface area contributed by atoms with E-state index in [9.17, 15) is 4.39 Å². The van der Waals surface area contributed by atoms with E-state index < -0.39 is 5.82 Å². The van der Waals surface area contributed by atoms with Crippen LogP contribution >= 0.6 is 0 Å². The van der Waals surface area contributed by atoms with Gasteiger partial charge in [0.05, 0.1) is 6.20 Å². The van der Waals surface area contributed by atoms with Crippen LogP contribution in [0, 0.1) is 17.1 Å². The fourth-order valence-electron chi connectivity index (χ4n) is 1.21. The first-order valence-corrected chi connectivity index (χ1v) is 4.95. The maximum absolute atomic E-state index is 12.8. The van der Waals surface area contributed by atoms with Crippen molar-refractivity contribution in [2.24, 2.45) is 0 Å². The summed E-state index contributed by atoms with van der Waals surface area (Å²) in [6, 6.07) is 5.16. The summed E-state index contributed by atoms with van der Waals surface area (Å²) in [6.07, 6.45) is 2.43. The van der Waals surface area contributed by atoms with Crippen molar-refractivity contribution in [3.8, 4) is 12.1 Å². The van der Waals surface area contributed by atoms with Crippen LogP contribution in [0.2, 0.25) is 0 Å². The lowest BCUT2D eigenvalue weighted by Gasteiger charge is -2.04. The summed E-state index contributed by atoms with van der Waals surface area (Å²) in [5, 5.41) is 8.68. The summed E-state index contributed by atoms with van der Waals surface area (Å²) < 4.78 is 18.0. The largest absolute Gasteiger partial charge is 0.459 e. The fraction of sp³-hybridized carbons (Fsp3) is 0.0909. The zero-order valence-corrected chi connectivity index (χ0v) is 9.17. The molecule has 0 spiro atoms. The SMILES string of the molecule is N#Cc1cc(COc2ncc(F)c(N)n2)ccn1. The van der Waals surface area contributed by atoms with E-state index in [2.05, 4.69) is 15.0 Å². The quantitative estimate of drug-likeness (QED) is 0.867. The van der Waals surface area contributed by atoms with Gasteiger partial charge in [-0.15, -0.1) is 0 Å². The van der Waals surface area contributed by atoms with Crippen molar-refractivity contribution in [3.05, 3.63) is 41.6 Å². The van der Waals surface area contributed by atoms with E-state index >= 15 is 0 Å². The van der Waals surface area contributed by atoms with Crippen LogP contribution in [0.4, 0.5) is 10.2 Å². The summed E-state index contributed by atoms with van der Waals surface area (Å²) >= 11 is 0. The van der Waals surface area contributed by atoms with Gasteiger partial charge in [0.15, 0.2) is 11.6 Å². The number of nitrogens with two attached hydrogens (primary N) is 1. The van der Waals surface area contributed by atoms with Gasteiger partial charge in [-0.3, -0.25) is 0 Å². The van der Waals surface area contributed by atoms with E-state index in [1.54, 1.807) is 12.1 Å². The van der Waals surface area contributed by atoms with Crippen molar-refractivity contribution < 1.29 is 9.13 Å². The van der Waals surface area contributed by atoms with Gasteiger partial charge in [-0.2, -0.15) is 10.2 Å². The zero-order valence-electron chi connectivity index (χ0n) is 9.17. The van der Waals surface area contributed by atoms with Crippen molar-refractivity contribution in [2.45, 2.75) is 6.61 Å². The molecule has 0 aliphatic heterocycles. The molecule has 2 heterocycles. The smallest absolute Gasteiger partial charge is 0.318 e. The number of pyridine rings is 1. The topological polar surface area (TPSA) is 97.7 Å². The number of aromatic nitrogens is 3. The number of nitriles is 1. The molecule has 0 radical (unpaired) electrons. The van der Waals surface area contributed by atoms with Gasteiger partial charge < -0.3 is 10.5 Å². The highest BCUT2D eigenvalue weighted by molar-refractivity contribution is 5.29. The number of rotatable bonds is 3. The Balaban J connectivity index is 2.07. The monoisotopic (exact) mass is 245 g/mol. The third kappa shape index (κ3) is 2.68. The minimum Gasteiger partial charge on any atom is -0.459 e. The van der Waals surface area contributed by atoms with Gasteiger partial charge in [0.25, 0.3) is 0 Å². The summed E-state index contributed by atoms with van der Waals surface area (Å²) in [5.41, 5.74) is 6.29. The molecule has 0 aliphatic carbocycles. The van der Waals surface area contributed by atoms with Crippen LogP contribution in [-0.4, -0.2) is 15.0 Å². The minimum absolute atomic E-state index is 0.0239.